The van der Waals surface area contributed by atoms with Crippen molar-refractivity contribution in [2.45, 2.75) is 66.0 Å². The molecule has 4 N–H and O–H groups in total. The lowest BCUT2D eigenvalue weighted by Gasteiger charge is -2.28. The third-order valence-corrected chi connectivity index (χ3v) is 5.64. The standard InChI is InChI=1S/C25H44N2O5.ClH/c1-17(2)19(15-20(26)21(28)16-27-24(29)25(3,4)5)13-18-9-10-22(31-7)23(14-18)32-12-8-11-30-6;/h9-10,14,17,19-21,28H,8,11-13,15-16,26H2,1-7H3,(H,27,29);1H/t19-,20-,21-;/m0./s1. The fraction of sp³-hybridized carbons (Fsp3) is 0.720. The molecule has 1 aromatic rings. The van der Waals surface area contributed by atoms with Crippen molar-refractivity contribution < 1.29 is 24.1 Å². The molecule has 8 heteroatoms. The molecule has 3 atom stereocenters. The zero-order chi connectivity index (χ0) is 24.3. The first-order valence-corrected chi connectivity index (χ1v) is 11.5. The molecule has 0 aromatic heterocycles. The highest BCUT2D eigenvalue weighted by atomic mass is 35.5. The summed E-state index contributed by atoms with van der Waals surface area (Å²) < 4.78 is 16.4. The molecule has 33 heavy (non-hydrogen) atoms. The van der Waals surface area contributed by atoms with E-state index in [0.29, 0.717) is 31.3 Å². The third-order valence-electron chi connectivity index (χ3n) is 5.64. The van der Waals surface area contributed by atoms with E-state index in [2.05, 4.69) is 19.2 Å². The summed E-state index contributed by atoms with van der Waals surface area (Å²) >= 11 is 0. The molecule has 0 aliphatic heterocycles. The quantitative estimate of drug-likeness (QED) is 0.346. The first-order chi connectivity index (χ1) is 15.0. The number of aliphatic hydroxyl groups excluding tert-OH is 1. The molecular weight excluding hydrogens is 444 g/mol. The summed E-state index contributed by atoms with van der Waals surface area (Å²) in [6, 6.07) is 5.56. The van der Waals surface area contributed by atoms with Gasteiger partial charge in [0.1, 0.15) is 0 Å². The molecule has 0 fully saturated rings. The predicted molar refractivity (Wildman–Crippen MR) is 135 cm³/mol. The van der Waals surface area contributed by atoms with Gasteiger partial charge in [-0.15, -0.1) is 12.4 Å². The number of amides is 1. The number of carbonyl (C=O) groups is 1. The van der Waals surface area contributed by atoms with Crippen LogP contribution in [0.15, 0.2) is 18.2 Å². The fourth-order valence-corrected chi connectivity index (χ4v) is 3.36. The molecule has 1 amide bonds. The maximum absolute atomic E-state index is 12.1. The summed E-state index contributed by atoms with van der Waals surface area (Å²) in [5.74, 6) is 1.98. The van der Waals surface area contributed by atoms with E-state index in [1.807, 2.05) is 39.0 Å². The molecule has 0 spiro atoms. The lowest BCUT2D eigenvalue weighted by molar-refractivity contribution is -0.129. The van der Waals surface area contributed by atoms with E-state index < -0.39 is 17.6 Å². The number of carbonyl (C=O) groups excluding carboxylic acids is 1. The Morgan fingerprint density at radius 3 is 2.36 bits per heavy atom. The summed E-state index contributed by atoms with van der Waals surface area (Å²) in [6.45, 7) is 11.2. The molecule has 0 saturated carbocycles. The van der Waals surface area contributed by atoms with E-state index in [1.54, 1.807) is 14.2 Å². The van der Waals surface area contributed by atoms with Crippen LogP contribution in [0.3, 0.4) is 0 Å². The lowest BCUT2D eigenvalue weighted by atomic mass is 9.83. The van der Waals surface area contributed by atoms with E-state index in [0.717, 1.165) is 24.2 Å². The van der Waals surface area contributed by atoms with Crippen LogP contribution in [0.1, 0.15) is 53.0 Å². The smallest absolute Gasteiger partial charge is 0.225 e. The number of halogens is 1. The molecule has 7 nitrogen and oxygen atoms in total. The third kappa shape index (κ3) is 11.4. The highest BCUT2D eigenvalue weighted by Crippen LogP contribution is 2.31. The molecule has 0 bridgehead atoms. The fourth-order valence-electron chi connectivity index (χ4n) is 3.36. The Balaban J connectivity index is 0.0000102. The van der Waals surface area contributed by atoms with Gasteiger partial charge in [0.15, 0.2) is 11.5 Å². The molecule has 0 radical (unpaired) electrons. The van der Waals surface area contributed by atoms with Crippen molar-refractivity contribution in [2.24, 2.45) is 23.0 Å². The number of hydrogen-bond acceptors (Lipinski definition) is 6. The van der Waals surface area contributed by atoms with Gasteiger partial charge in [-0.25, -0.2) is 0 Å². The van der Waals surface area contributed by atoms with Crippen molar-refractivity contribution in [3.8, 4) is 11.5 Å². The zero-order valence-corrected chi connectivity index (χ0v) is 22.2. The monoisotopic (exact) mass is 488 g/mol. The minimum atomic E-state index is -0.793. The second kappa shape index (κ2) is 15.4. The van der Waals surface area contributed by atoms with E-state index in [-0.39, 0.29) is 30.8 Å². The number of aliphatic hydroxyl groups is 1. The second-order valence-electron chi connectivity index (χ2n) is 9.82. The van der Waals surface area contributed by atoms with Crippen molar-refractivity contribution in [3.63, 3.8) is 0 Å². The lowest BCUT2D eigenvalue weighted by Crippen LogP contribution is -2.47. The van der Waals surface area contributed by atoms with Crippen LogP contribution in [0.5, 0.6) is 11.5 Å². The van der Waals surface area contributed by atoms with Crippen LogP contribution in [0.25, 0.3) is 0 Å². The first-order valence-electron chi connectivity index (χ1n) is 11.5. The molecular formula is C25H45ClN2O5. The van der Waals surface area contributed by atoms with Gasteiger partial charge in [0.25, 0.3) is 0 Å². The number of hydrogen-bond donors (Lipinski definition) is 3. The second-order valence-corrected chi connectivity index (χ2v) is 9.82. The predicted octanol–water partition coefficient (Wildman–Crippen LogP) is 3.59. The van der Waals surface area contributed by atoms with Gasteiger partial charge in [0.2, 0.25) is 5.91 Å². The highest BCUT2D eigenvalue weighted by molar-refractivity contribution is 5.85. The zero-order valence-electron chi connectivity index (χ0n) is 21.3. The largest absolute Gasteiger partial charge is 0.493 e. The van der Waals surface area contributed by atoms with Gasteiger partial charge in [0.05, 0.1) is 19.8 Å². The van der Waals surface area contributed by atoms with Gasteiger partial charge >= 0.3 is 0 Å². The number of benzene rings is 1. The Hall–Kier alpha value is -1.54. The Bertz CT molecular complexity index is 694. The van der Waals surface area contributed by atoms with E-state index in [1.165, 1.54) is 0 Å². The van der Waals surface area contributed by atoms with Crippen molar-refractivity contribution in [1.29, 1.82) is 0 Å². The van der Waals surface area contributed by atoms with Crippen LogP contribution in [0.4, 0.5) is 0 Å². The van der Waals surface area contributed by atoms with Crippen LogP contribution < -0.4 is 20.5 Å². The van der Waals surface area contributed by atoms with Crippen LogP contribution in [0.2, 0.25) is 0 Å². The summed E-state index contributed by atoms with van der Waals surface area (Å²) in [5.41, 5.74) is 6.95. The SMILES string of the molecule is COCCCOc1cc(C[C@@H](C[C@H](N)[C@@H](O)CNC(=O)C(C)(C)C)C(C)C)ccc1OC.Cl. The maximum Gasteiger partial charge on any atom is 0.225 e. The average Bonchev–Trinajstić information content (AvgIpc) is 2.73. The molecule has 0 heterocycles. The number of ether oxygens (including phenoxy) is 3. The molecule has 1 aromatic carbocycles. The van der Waals surface area contributed by atoms with Crippen molar-refractivity contribution >= 4 is 18.3 Å². The molecule has 192 valence electrons. The highest BCUT2D eigenvalue weighted by Gasteiger charge is 2.26. The van der Waals surface area contributed by atoms with Gasteiger partial charge in [-0.05, 0) is 42.4 Å². The van der Waals surface area contributed by atoms with Gasteiger partial charge in [0, 0.05) is 38.1 Å². The maximum atomic E-state index is 12.1. The van der Waals surface area contributed by atoms with Crippen LogP contribution in [-0.4, -0.2) is 57.1 Å². The summed E-state index contributed by atoms with van der Waals surface area (Å²) in [7, 11) is 3.31. The molecule has 0 aliphatic rings. The normalized spacial score (nSPS) is 14.2. The first kappa shape index (κ1) is 31.5. The Morgan fingerprint density at radius 2 is 1.82 bits per heavy atom. The Labute approximate surface area is 206 Å². The van der Waals surface area contributed by atoms with Crippen LogP contribution in [-0.2, 0) is 16.0 Å². The number of rotatable bonds is 14. The van der Waals surface area contributed by atoms with E-state index >= 15 is 0 Å². The van der Waals surface area contributed by atoms with Crippen molar-refractivity contribution in [3.05, 3.63) is 23.8 Å². The van der Waals surface area contributed by atoms with Crippen LogP contribution in [0, 0.1) is 17.3 Å². The molecule has 1 rings (SSSR count). The van der Waals surface area contributed by atoms with Crippen molar-refractivity contribution in [2.75, 3.05) is 34.0 Å². The summed E-state index contributed by atoms with van der Waals surface area (Å²) in [6.07, 6.45) is 1.47. The number of nitrogens with one attached hydrogen (secondary N) is 1. The van der Waals surface area contributed by atoms with Crippen molar-refractivity contribution in [1.82, 2.24) is 5.32 Å². The Morgan fingerprint density at radius 1 is 1.15 bits per heavy atom. The van der Waals surface area contributed by atoms with Gasteiger partial charge in [-0.2, -0.15) is 0 Å². The number of methoxy groups -OCH3 is 2. The Kier molecular flexibility index (Phi) is 14.7. The van der Waals surface area contributed by atoms with E-state index in [4.69, 9.17) is 19.9 Å². The molecule has 0 aliphatic carbocycles. The molecule has 0 saturated heterocycles. The number of nitrogens with two attached hydrogens (primary N) is 1. The summed E-state index contributed by atoms with van der Waals surface area (Å²) in [4.78, 5) is 12.1. The van der Waals surface area contributed by atoms with Crippen LogP contribution >= 0.6 is 12.4 Å². The summed E-state index contributed by atoms with van der Waals surface area (Å²) in [5, 5.41) is 13.3. The average molecular weight is 489 g/mol. The van der Waals surface area contributed by atoms with Gasteiger partial charge < -0.3 is 30.4 Å². The minimum Gasteiger partial charge on any atom is -0.493 e. The van der Waals surface area contributed by atoms with Gasteiger partial charge in [-0.1, -0.05) is 40.7 Å². The minimum absolute atomic E-state index is 0. The van der Waals surface area contributed by atoms with Gasteiger partial charge in [-0.3, -0.25) is 4.79 Å². The van der Waals surface area contributed by atoms with E-state index in [9.17, 15) is 9.90 Å². The topological polar surface area (TPSA) is 103 Å². The molecule has 0 unspecified atom stereocenters.